The second kappa shape index (κ2) is 9.43. The average molecular weight is 441 g/mol. The summed E-state index contributed by atoms with van der Waals surface area (Å²) in [6.45, 7) is 0.307. The number of amides is 3. The molecular weight excluding hydrogens is 416 g/mol. The fraction of sp³-hybridized carbons (Fsp3) is 0.333. The number of carbonyl (C=O) groups is 2. The number of methoxy groups -OCH3 is 1. The highest BCUT2D eigenvalue weighted by molar-refractivity contribution is 6.31. The SMILES string of the molecule is COc1cc(/C=C2\NC(=O)N(C3CCCCC3)C2=O)ccc1OCc1ccccc1Cl. The van der Waals surface area contributed by atoms with Crippen LogP contribution >= 0.6 is 11.6 Å². The van der Waals surface area contributed by atoms with Crippen LogP contribution in [-0.4, -0.2) is 30.0 Å². The summed E-state index contributed by atoms with van der Waals surface area (Å²) in [5, 5.41) is 3.36. The number of rotatable bonds is 6. The summed E-state index contributed by atoms with van der Waals surface area (Å²) in [7, 11) is 1.56. The van der Waals surface area contributed by atoms with Crippen LogP contribution in [-0.2, 0) is 11.4 Å². The number of halogens is 1. The quantitative estimate of drug-likeness (QED) is 0.498. The van der Waals surface area contributed by atoms with Crippen LogP contribution in [0.4, 0.5) is 4.79 Å². The van der Waals surface area contributed by atoms with Crippen LogP contribution in [0.25, 0.3) is 6.08 Å². The maximum Gasteiger partial charge on any atom is 0.329 e. The normalized spacial score (nSPS) is 18.4. The molecule has 1 heterocycles. The molecule has 2 fully saturated rings. The molecule has 7 heteroatoms. The molecule has 162 valence electrons. The Morgan fingerprint density at radius 3 is 2.61 bits per heavy atom. The first kappa shape index (κ1) is 21.2. The van der Waals surface area contributed by atoms with Crippen LogP contribution in [0.3, 0.4) is 0 Å². The van der Waals surface area contributed by atoms with Crippen LogP contribution in [0.15, 0.2) is 48.2 Å². The molecule has 0 radical (unpaired) electrons. The molecule has 2 aromatic rings. The fourth-order valence-electron chi connectivity index (χ4n) is 4.05. The maximum atomic E-state index is 12.8. The van der Waals surface area contributed by atoms with Crippen molar-refractivity contribution >= 4 is 29.6 Å². The topological polar surface area (TPSA) is 67.9 Å². The number of ether oxygens (including phenoxy) is 2. The van der Waals surface area contributed by atoms with Gasteiger partial charge in [-0.3, -0.25) is 9.69 Å². The summed E-state index contributed by atoms with van der Waals surface area (Å²) >= 11 is 6.19. The van der Waals surface area contributed by atoms with E-state index in [0.717, 1.165) is 43.2 Å². The molecule has 0 atom stereocenters. The van der Waals surface area contributed by atoms with E-state index >= 15 is 0 Å². The molecule has 2 aliphatic rings. The molecule has 0 unspecified atom stereocenters. The minimum atomic E-state index is -0.338. The first-order valence-electron chi connectivity index (χ1n) is 10.5. The van der Waals surface area contributed by atoms with Gasteiger partial charge in [-0.25, -0.2) is 4.79 Å². The van der Waals surface area contributed by atoms with E-state index in [1.165, 1.54) is 4.90 Å². The standard InChI is InChI=1S/C24H25ClN2O4/c1-30-22-14-16(11-12-21(22)31-15-17-7-5-6-10-19(17)25)13-20-23(28)27(24(29)26-20)18-8-3-2-4-9-18/h5-7,10-14,18H,2-4,8-9,15H2,1H3,(H,26,29)/b20-13-. The lowest BCUT2D eigenvalue weighted by atomic mass is 9.94. The van der Waals surface area contributed by atoms with Crippen molar-refractivity contribution in [1.82, 2.24) is 10.2 Å². The van der Waals surface area contributed by atoms with Crippen LogP contribution in [0.1, 0.15) is 43.2 Å². The molecule has 3 amide bonds. The summed E-state index contributed by atoms with van der Waals surface area (Å²) in [6.07, 6.45) is 6.67. The van der Waals surface area contributed by atoms with Crippen molar-refractivity contribution in [3.63, 3.8) is 0 Å². The van der Waals surface area contributed by atoms with E-state index in [-0.39, 0.29) is 23.7 Å². The van der Waals surface area contributed by atoms with Gasteiger partial charge in [0.25, 0.3) is 5.91 Å². The molecule has 1 aliphatic carbocycles. The van der Waals surface area contributed by atoms with Gasteiger partial charge in [-0.05, 0) is 42.7 Å². The predicted octanol–water partition coefficient (Wildman–Crippen LogP) is 5.15. The third-order valence-corrected chi connectivity index (χ3v) is 6.06. The van der Waals surface area contributed by atoms with Gasteiger partial charge in [-0.1, -0.05) is 55.1 Å². The molecule has 1 saturated carbocycles. The molecule has 4 rings (SSSR count). The lowest BCUT2D eigenvalue weighted by Gasteiger charge is -2.28. The third kappa shape index (κ3) is 4.69. The van der Waals surface area contributed by atoms with Gasteiger partial charge in [0.05, 0.1) is 7.11 Å². The number of nitrogens with one attached hydrogen (secondary N) is 1. The number of hydrogen-bond acceptors (Lipinski definition) is 4. The van der Waals surface area contributed by atoms with Gasteiger partial charge >= 0.3 is 6.03 Å². The smallest absolute Gasteiger partial charge is 0.329 e. The van der Waals surface area contributed by atoms with Crippen LogP contribution in [0, 0.1) is 0 Å². The number of hydrogen-bond donors (Lipinski definition) is 1. The van der Waals surface area contributed by atoms with E-state index in [1.54, 1.807) is 25.3 Å². The molecule has 0 aromatic heterocycles. The molecule has 2 aromatic carbocycles. The van der Waals surface area contributed by atoms with Gasteiger partial charge in [-0.2, -0.15) is 0 Å². The van der Waals surface area contributed by atoms with Crippen molar-refractivity contribution < 1.29 is 19.1 Å². The van der Waals surface area contributed by atoms with Crippen LogP contribution < -0.4 is 14.8 Å². The molecule has 0 bridgehead atoms. The summed E-state index contributed by atoms with van der Waals surface area (Å²) < 4.78 is 11.3. The zero-order valence-corrected chi connectivity index (χ0v) is 18.2. The Kier molecular flexibility index (Phi) is 6.47. The van der Waals surface area contributed by atoms with E-state index in [9.17, 15) is 9.59 Å². The molecule has 1 saturated heterocycles. The predicted molar refractivity (Wildman–Crippen MR) is 119 cm³/mol. The molecule has 6 nitrogen and oxygen atoms in total. The average Bonchev–Trinajstić information content (AvgIpc) is 3.07. The second-order valence-corrected chi connectivity index (χ2v) is 8.15. The largest absolute Gasteiger partial charge is 0.493 e. The highest BCUT2D eigenvalue weighted by Crippen LogP contribution is 2.31. The van der Waals surface area contributed by atoms with Gasteiger partial charge < -0.3 is 14.8 Å². The first-order valence-corrected chi connectivity index (χ1v) is 10.8. The number of benzene rings is 2. The van der Waals surface area contributed by atoms with Crippen molar-refractivity contribution in [3.05, 3.63) is 64.3 Å². The second-order valence-electron chi connectivity index (χ2n) is 7.75. The fourth-order valence-corrected chi connectivity index (χ4v) is 4.24. The minimum absolute atomic E-state index is 0.0118. The summed E-state index contributed by atoms with van der Waals surface area (Å²) in [4.78, 5) is 26.6. The van der Waals surface area contributed by atoms with E-state index in [1.807, 2.05) is 30.3 Å². The van der Waals surface area contributed by atoms with E-state index < -0.39 is 0 Å². The number of urea groups is 1. The van der Waals surface area contributed by atoms with Crippen molar-refractivity contribution in [2.75, 3.05) is 7.11 Å². The Morgan fingerprint density at radius 2 is 1.87 bits per heavy atom. The van der Waals surface area contributed by atoms with E-state index in [2.05, 4.69) is 5.32 Å². The van der Waals surface area contributed by atoms with Gasteiger partial charge in [0.1, 0.15) is 12.3 Å². The highest BCUT2D eigenvalue weighted by atomic mass is 35.5. The first-order chi connectivity index (χ1) is 15.1. The third-order valence-electron chi connectivity index (χ3n) is 5.69. The minimum Gasteiger partial charge on any atom is -0.493 e. The molecule has 0 spiro atoms. The maximum absolute atomic E-state index is 12.8. The zero-order chi connectivity index (χ0) is 21.8. The molecule has 1 N–H and O–H groups in total. The zero-order valence-electron chi connectivity index (χ0n) is 17.4. The highest BCUT2D eigenvalue weighted by Gasteiger charge is 2.38. The van der Waals surface area contributed by atoms with Crippen molar-refractivity contribution in [2.24, 2.45) is 0 Å². The van der Waals surface area contributed by atoms with Gasteiger partial charge in [0.2, 0.25) is 0 Å². The Morgan fingerprint density at radius 1 is 1.10 bits per heavy atom. The Hall–Kier alpha value is -2.99. The Labute approximate surface area is 186 Å². The lowest BCUT2D eigenvalue weighted by molar-refractivity contribution is -0.124. The van der Waals surface area contributed by atoms with E-state index in [4.69, 9.17) is 21.1 Å². The van der Waals surface area contributed by atoms with Crippen molar-refractivity contribution in [3.8, 4) is 11.5 Å². The van der Waals surface area contributed by atoms with Crippen LogP contribution in [0.2, 0.25) is 5.02 Å². The Bertz CT molecular complexity index is 1010. The van der Waals surface area contributed by atoms with Gasteiger partial charge in [0.15, 0.2) is 11.5 Å². The molecule has 1 aliphatic heterocycles. The van der Waals surface area contributed by atoms with Crippen molar-refractivity contribution in [1.29, 1.82) is 0 Å². The number of nitrogens with zero attached hydrogens (tertiary/aromatic N) is 1. The summed E-state index contributed by atoms with van der Waals surface area (Å²) in [6, 6.07) is 12.5. The van der Waals surface area contributed by atoms with Gasteiger partial charge in [0, 0.05) is 16.6 Å². The number of carbonyl (C=O) groups excluding carboxylic acids is 2. The summed E-state index contributed by atoms with van der Waals surface area (Å²) in [5.41, 5.74) is 1.89. The van der Waals surface area contributed by atoms with Gasteiger partial charge in [-0.15, -0.1) is 0 Å². The van der Waals surface area contributed by atoms with Crippen LogP contribution in [0.5, 0.6) is 11.5 Å². The summed E-state index contributed by atoms with van der Waals surface area (Å²) in [5.74, 6) is 0.826. The van der Waals surface area contributed by atoms with E-state index in [0.29, 0.717) is 23.1 Å². The molecular formula is C24H25ClN2O4. The lowest BCUT2D eigenvalue weighted by Crippen LogP contribution is -2.41. The molecule has 31 heavy (non-hydrogen) atoms. The number of imide groups is 1. The monoisotopic (exact) mass is 440 g/mol. The van der Waals surface area contributed by atoms with Crippen molar-refractivity contribution in [2.45, 2.75) is 44.8 Å². The Balaban J connectivity index is 1.49.